The Morgan fingerprint density at radius 3 is 1.86 bits per heavy atom. The van der Waals surface area contributed by atoms with Gasteiger partial charge in [0.25, 0.3) is 0 Å². The van der Waals surface area contributed by atoms with E-state index in [1.807, 2.05) is 31.1 Å². The lowest BCUT2D eigenvalue weighted by Gasteiger charge is -2.11. The molecule has 1 rings (SSSR count). The smallest absolute Gasteiger partial charge is 0.207 e. The Morgan fingerprint density at radius 1 is 1.14 bits per heavy atom. The van der Waals surface area contributed by atoms with Crippen LogP contribution >= 0.6 is 0 Å². The van der Waals surface area contributed by atoms with Crippen molar-refractivity contribution in [2.75, 3.05) is 19.0 Å². The van der Waals surface area contributed by atoms with Crippen LogP contribution in [0.25, 0.3) is 0 Å². The van der Waals surface area contributed by atoms with Gasteiger partial charge in [-0.3, -0.25) is 0 Å². The summed E-state index contributed by atoms with van der Waals surface area (Å²) in [5.41, 5.74) is 2.37. The fraction of sp³-hybridized carbons (Fsp3) is 0.444. The van der Waals surface area contributed by atoms with E-state index in [9.17, 15) is 0 Å². The molecule has 1 heterocycles. The van der Waals surface area contributed by atoms with Crippen molar-refractivity contribution < 1.29 is 27.6 Å². The molecule has 0 atom stereocenters. The SMILES string of the molecule is CN(C)c1cc(CO)[nH+]c(CO)c1.[Cl-]. The fourth-order valence-corrected chi connectivity index (χ4v) is 1.11. The number of aliphatic hydroxyl groups excluding tert-OH is 2. The predicted molar refractivity (Wildman–Crippen MR) is 49.2 cm³/mol. The Kier molecular flexibility index (Phi) is 5.45. The third kappa shape index (κ3) is 3.14. The zero-order chi connectivity index (χ0) is 9.84. The van der Waals surface area contributed by atoms with Gasteiger partial charge < -0.3 is 27.5 Å². The van der Waals surface area contributed by atoms with Crippen LogP contribution in [0.5, 0.6) is 0 Å². The molecule has 1 aromatic rings. The highest BCUT2D eigenvalue weighted by Crippen LogP contribution is 2.11. The van der Waals surface area contributed by atoms with Gasteiger partial charge in [-0.25, -0.2) is 4.98 Å². The summed E-state index contributed by atoms with van der Waals surface area (Å²) in [6.45, 7) is -0.0939. The van der Waals surface area contributed by atoms with E-state index in [-0.39, 0.29) is 25.6 Å². The molecule has 80 valence electrons. The van der Waals surface area contributed by atoms with Crippen LogP contribution in [0.3, 0.4) is 0 Å². The topological polar surface area (TPSA) is 57.8 Å². The lowest BCUT2D eigenvalue weighted by atomic mass is 10.2. The molecule has 0 saturated carbocycles. The molecule has 4 nitrogen and oxygen atoms in total. The Labute approximate surface area is 89.6 Å². The lowest BCUT2D eigenvalue weighted by molar-refractivity contribution is -0.410. The third-order valence-corrected chi connectivity index (χ3v) is 1.82. The Bertz CT molecular complexity index is 270. The predicted octanol–water partition coefficient (Wildman–Crippen LogP) is -3.44. The Balaban J connectivity index is 0.00000169. The van der Waals surface area contributed by atoms with Gasteiger partial charge in [-0.1, -0.05) is 0 Å². The highest BCUT2D eigenvalue weighted by molar-refractivity contribution is 5.44. The van der Waals surface area contributed by atoms with E-state index < -0.39 is 0 Å². The largest absolute Gasteiger partial charge is 1.00 e. The summed E-state index contributed by atoms with van der Waals surface area (Å²) in [7, 11) is 3.83. The average Bonchev–Trinajstić information content (AvgIpc) is 2.16. The average molecular weight is 219 g/mol. The molecule has 0 fully saturated rings. The molecule has 14 heavy (non-hydrogen) atoms. The summed E-state index contributed by atoms with van der Waals surface area (Å²) in [6, 6.07) is 3.69. The number of rotatable bonds is 3. The van der Waals surface area contributed by atoms with Crippen molar-refractivity contribution in [1.29, 1.82) is 0 Å². The molecule has 3 N–H and O–H groups in total. The number of aromatic nitrogens is 1. The van der Waals surface area contributed by atoms with Crippen molar-refractivity contribution in [3.05, 3.63) is 23.5 Å². The normalized spacial score (nSPS) is 9.43. The molecule has 0 aromatic carbocycles. The van der Waals surface area contributed by atoms with Gasteiger partial charge >= 0.3 is 0 Å². The van der Waals surface area contributed by atoms with Gasteiger partial charge in [0.05, 0.1) is 0 Å². The summed E-state index contributed by atoms with van der Waals surface area (Å²) < 4.78 is 0. The Hall–Kier alpha value is -0.840. The first-order chi connectivity index (χ1) is 6.17. The summed E-state index contributed by atoms with van der Waals surface area (Å²) in [5, 5.41) is 17.9. The van der Waals surface area contributed by atoms with E-state index in [1.165, 1.54) is 0 Å². The van der Waals surface area contributed by atoms with Crippen LogP contribution in [-0.2, 0) is 13.2 Å². The number of hydrogen-bond donors (Lipinski definition) is 2. The molecule has 0 bridgehead atoms. The van der Waals surface area contributed by atoms with Crippen LogP contribution in [0, 0.1) is 0 Å². The van der Waals surface area contributed by atoms with E-state index >= 15 is 0 Å². The number of aromatic amines is 1. The minimum absolute atomic E-state index is 0. The number of H-pyrrole nitrogens is 1. The van der Waals surface area contributed by atoms with Gasteiger partial charge in [-0.2, -0.15) is 0 Å². The molecular weight excluding hydrogens is 204 g/mol. The van der Waals surface area contributed by atoms with Crippen LogP contribution in [-0.4, -0.2) is 24.3 Å². The van der Waals surface area contributed by atoms with Gasteiger partial charge in [0, 0.05) is 31.9 Å². The summed E-state index contributed by atoms with van der Waals surface area (Å²) in [4.78, 5) is 4.84. The fourth-order valence-electron chi connectivity index (χ4n) is 1.11. The third-order valence-electron chi connectivity index (χ3n) is 1.82. The molecule has 5 heteroatoms. The first-order valence-electron chi connectivity index (χ1n) is 4.11. The maximum Gasteiger partial charge on any atom is 0.207 e. The first kappa shape index (κ1) is 13.2. The van der Waals surface area contributed by atoms with Crippen LogP contribution in [0.4, 0.5) is 5.69 Å². The van der Waals surface area contributed by atoms with E-state index in [0.29, 0.717) is 11.4 Å². The molecule has 0 amide bonds. The van der Waals surface area contributed by atoms with Crippen molar-refractivity contribution in [2.45, 2.75) is 13.2 Å². The number of nitrogens with zero attached hydrogens (tertiary/aromatic N) is 1. The van der Waals surface area contributed by atoms with Crippen molar-refractivity contribution in [3.63, 3.8) is 0 Å². The van der Waals surface area contributed by atoms with Gasteiger partial charge in [0.15, 0.2) is 0 Å². The first-order valence-corrected chi connectivity index (χ1v) is 4.11. The molecule has 1 aromatic heterocycles. The highest BCUT2D eigenvalue weighted by Gasteiger charge is 2.08. The van der Waals surface area contributed by atoms with E-state index in [0.717, 1.165) is 5.69 Å². The summed E-state index contributed by atoms with van der Waals surface area (Å²) >= 11 is 0. The highest BCUT2D eigenvalue weighted by atomic mass is 35.5. The number of halogens is 1. The van der Waals surface area contributed by atoms with Crippen molar-refractivity contribution >= 4 is 5.69 Å². The quantitative estimate of drug-likeness (QED) is 0.555. The second-order valence-electron chi connectivity index (χ2n) is 3.10. The van der Waals surface area contributed by atoms with Crippen LogP contribution < -0.4 is 22.3 Å². The minimum atomic E-state index is -0.0469. The standard InChI is InChI=1S/C9H14N2O2.ClH/c1-11(2)9-3-7(5-12)10-8(4-9)6-13;/h3-4,12-13H,5-6H2,1-2H3;1H. The molecule has 0 radical (unpaired) electrons. The van der Waals surface area contributed by atoms with Crippen molar-refractivity contribution in [2.24, 2.45) is 0 Å². The summed E-state index contributed by atoms with van der Waals surface area (Å²) in [6.07, 6.45) is 0. The maximum atomic E-state index is 8.93. The number of nitrogens with one attached hydrogen (secondary N) is 1. The zero-order valence-electron chi connectivity index (χ0n) is 8.29. The van der Waals surface area contributed by atoms with Crippen LogP contribution in [0.1, 0.15) is 11.4 Å². The van der Waals surface area contributed by atoms with Gasteiger partial charge in [0.1, 0.15) is 13.2 Å². The van der Waals surface area contributed by atoms with Gasteiger partial charge in [-0.15, -0.1) is 0 Å². The second-order valence-corrected chi connectivity index (χ2v) is 3.10. The van der Waals surface area contributed by atoms with Crippen molar-refractivity contribution in [1.82, 2.24) is 0 Å². The number of hydrogen-bond acceptors (Lipinski definition) is 3. The van der Waals surface area contributed by atoms with Crippen LogP contribution in [0.15, 0.2) is 12.1 Å². The number of anilines is 1. The van der Waals surface area contributed by atoms with Crippen molar-refractivity contribution in [3.8, 4) is 0 Å². The Morgan fingerprint density at radius 2 is 1.57 bits per heavy atom. The molecule has 0 aliphatic rings. The van der Waals surface area contributed by atoms with Crippen LogP contribution in [0.2, 0.25) is 0 Å². The zero-order valence-corrected chi connectivity index (χ0v) is 9.04. The molecule has 0 spiro atoms. The molecule has 0 aliphatic carbocycles. The molecule has 0 saturated heterocycles. The van der Waals surface area contributed by atoms with E-state index in [2.05, 4.69) is 4.98 Å². The monoisotopic (exact) mass is 218 g/mol. The minimum Gasteiger partial charge on any atom is -1.00 e. The van der Waals surface area contributed by atoms with Gasteiger partial charge in [-0.05, 0) is 0 Å². The maximum absolute atomic E-state index is 8.93. The van der Waals surface area contributed by atoms with Gasteiger partial charge in [0.2, 0.25) is 11.4 Å². The lowest BCUT2D eigenvalue weighted by Crippen LogP contribution is -3.00. The molecule has 0 unspecified atom stereocenters. The van der Waals surface area contributed by atoms with E-state index in [4.69, 9.17) is 10.2 Å². The summed E-state index contributed by atoms with van der Waals surface area (Å²) in [5.74, 6) is 0. The second kappa shape index (κ2) is 5.80. The molecular formula is C9H15ClN2O2. The molecule has 0 aliphatic heterocycles. The number of aliphatic hydroxyl groups is 2. The number of pyridine rings is 1. The van der Waals surface area contributed by atoms with E-state index in [1.54, 1.807) is 0 Å².